The summed E-state index contributed by atoms with van der Waals surface area (Å²) < 4.78 is 37.6. The van der Waals surface area contributed by atoms with Gasteiger partial charge in [0.05, 0.1) is 24.5 Å². The Morgan fingerprint density at radius 3 is 2.62 bits per heavy atom. The molecule has 1 aliphatic heterocycles. The minimum atomic E-state index is -3.56. The van der Waals surface area contributed by atoms with Crippen molar-refractivity contribution in [3.63, 3.8) is 0 Å². The minimum Gasteiger partial charge on any atom is -0.461 e. The van der Waals surface area contributed by atoms with E-state index in [2.05, 4.69) is 12.1 Å². The van der Waals surface area contributed by atoms with E-state index in [1.54, 1.807) is 24.3 Å². The molecule has 2 aromatic carbocycles. The number of hydrogen-bond donors (Lipinski definition) is 0. The van der Waals surface area contributed by atoms with E-state index in [1.807, 2.05) is 6.07 Å². The van der Waals surface area contributed by atoms with Gasteiger partial charge >= 0.3 is 5.97 Å². The predicted octanol–water partition coefficient (Wildman–Crippen LogP) is 2.48. The summed E-state index contributed by atoms with van der Waals surface area (Å²) in [5.41, 5.74) is 4.32. The van der Waals surface area contributed by atoms with Crippen molar-refractivity contribution in [2.75, 3.05) is 26.3 Å². The van der Waals surface area contributed by atoms with Gasteiger partial charge in [-0.1, -0.05) is 30.3 Å². The monoisotopic (exact) mass is 415 g/mol. The summed E-state index contributed by atoms with van der Waals surface area (Å²) in [5.74, 6) is -0.315. The molecule has 0 radical (unpaired) electrons. The zero-order valence-electron chi connectivity index (χ0n) is 16.3. The van der Waals surface area contributed by atoms with Crippen molar-refractivity contribution < 1.29 is 22.7 Å². The van der Waals surface area contributed by atoms with Gasteiger partial charge in [0, 0.05) is 13.1 Å². The van der Waals surface area contributed by atoms with Gasteiger partial charge in [-0.15, -0.1) is 0 Å². The molecule has 0 saturated carbocycles. The van der Waals surface area contributed by atoms with Crippen molar-refractivity contribution in [3.05, 3.63) is 64.7 Å². The first-order valence-electron chi connectivity index (χ1n) is 9.95. The summed E-state index contributed by atoms with van der Waals surface area (Å²) in [6.07, 6.45) is 3.58. The van der Waals surface area contributed by atoms with E-state index in [0.717, 1.165) is 18.4 Å². The van der Waals surface area contributed by atoms with Crippen LogP contribution in [0, 0.1) is 0 Å². The third-order valence-electron chi connectivity index (χ3n) is 5.42. The molecule has 0 amide bonds. The maximum absolute atomic E-state index is 12.8. The number of ether oxygens (including phenoxy) is 2. The Hall–Kier alpha value is -2.22. The average Bonchev–Trinajstić information content (AvgIpc) is 3.21. The number of nitrogens with zero attached hydrogens (tertiary/aromatic N) is 1. The number of rotatable bonds is 6. The molecule has 2 aromatic rings. The summed E-state index contributed by atoms with van der Waals surface area (Å²) >= 11 is 0. The van der Waals surface area contributed by atoms with E-state index in [0.29, 0.717) is 31.9 Å². The molecule has 4 rings (SSSR count). The molecular formula is C22H25NO5S. The normalized spacial score (nSPS) is 17.1. The van der Waals surface area contributed by atoms with Crippen LogP contribution in [0.3, 0.4) is 0 Å². The van der Waals surface area contributed by atoms with E-state index in [1.165, 1.54) is 21.9 Å². The van der Waals surface area contributed by atoms with Gasteiger partial charge in [0.25, 0.3) is 0 Å². The van der Waals surface area contributed by atoms with Gasteiger partial charge in [-0.05, 0) is 53.6 Å². The number of morpholine rings is 1. The highest BCUT2D eigenvalue weighted by Crippen LogP contribution is 2.23. The van der Waals surface area contributed by atoms with Gasteiger partial charge in [-0.25, -0.2) is 8.42 Å². The number of sulfonamides is 1. The molecule has 1 saturated heterocycles. The Morgan fingerprint density at radius 1 is 1.00 bits per heavy atom. The highest BCUT2D eigenvalue weighted by Gasteiger charge is 2.26. The summed E-state index contributed by atoms with van der Waals surface area (Å²) in [4.78, 5) is 12.5. The van der Waals surface area contributed by atoms with Gasteiger partial charge in [-0.3, -0.25) is 4.79 Å². The Balaban J connectivity index is 1.37. The molecule has 0 spiro atoms. The number of aryl methyl sites for hydroxylation is 2. The molecular weight excluding hydrogens is 390 g/mol. The van der Waals surface area contributed by atoms with E-state index >= 15 is 0 Å². The fraction of sp³-hybridized carbons (Fsp3) is 0.409. The van der Waals surface area contributed by atoms with Crippen molar-refractivity contribution in [1.82, 2.24) is 4.31 Å². The number of carbonyl (C=O) groups excluding carboxylic acids is 1. The molecule has 0 unspecified atom stereocenters. The average molecular weight is 416 g/mol. The van der Waals surface area contributed by atoms with E-state index in [9.17, 15) is 13.2 Å². The van der Waals surface area contributed by atoms with E-state index < -0.39 is 10.0 Å². The van der Waals surface area contributed by atoms with Crippen LogP contribution in [0.1, 0.15) is 28.7 Å². The first-order valence-corrected chi connectivity index (χ1v) is 11.4. The molecule has 1 aliphatic carbocycles. The molecule has 1 fully saturated rings. The van der Waals surface area contributed by atoms with Crippen molar-refractivity contribution in [2.24, 2.45) is 0 Å². The minimum absolute atomic E-state index is 0.0518. The SMILES string of the molecule is O=C(Cc1ccc2c(c1)CCC2)OCc1cccc(S(=O)(=O)N2CCOCC2)c1. The molecule has 1 heterocycles. The van der Waals surface area contributed by atoms with Crippen molar-refractivity contribution in [1.29, 1.82) is 0 Å². The van der Waals surface area contributed by atoms with Crippen LogP contribution < -0.4 is 0 Å². The quantitative estimate of drug-likeness (QED) is 0.678. The summed E-state index contributed by atoms with van der Waals surface area (Å²) in [6, 6.07) is 12.8. The fourth-order valence-corrected chi connectivity index (χ4v) is 5.33. The number of benzene rings is 2. The molecule has 6 nitrogen and oxygen atoms in total. The van der Waals surface area contributed by atoms with Gasteiger partial charge in [0.1, 0.15) is 6.61 Å². The maximum atomic E-state index is 12.8. The lowest BCUT2D eigenvalue weighted by Gasteiger charge is -2.26. The number of hydrogen-bond acceptors (Lipinski definition) is 5. The standard InChI is InChI=1S/C22H25NO5S/c24-22(15-17-7-8-19-4-2-5-20(19)13-17)28-16-18-3-1-6-21(14-18)29(25,26)23-9-11-27-12-10-23/h1,3,6-8,13-14H,2,4-5,9-12,15-16H2. The van der Waals surface area contributed by atoms with Crippen LogP contribution in [0.4, 0.5) is 0 Å². The van der Waals surface area contributed by atoms with Crippen LogP contribution in [0.15, 0.2) is 47.4 Å². The predicted molar refractivity (Wildman–Crippen MR) is 108 cm³/mol. The summed E-state index contributed by atoms with van der Waals surface area (Å²) in [6.45, 7) is 1.55. The second-order valence-corrected chi connectivity index (χ2v) is 9.40. The molecule has 7 heteroatoms. The first-order chi connectivity index (χ1) is 14.0. The van der Waals surface area contributed by atoms with E-state index in [4.69, 9.17) is 9.47 Å². The molecule has 2 aliphatic rings. The number of esters is 1. The number of carbonyl (C=O) groups is 1. The Kier molecular flexibility index (Phi) is 5.99. The summed E-state index contributed by atoms with van der Waals surface area (Å²) in [5, 5.41) is 0. The van der Waals surface area contributed by atoms with Crippen LogP contribution in [0.2, 0.25) is 0 Å². The van der Waals surface area contributed by atoms with Crippen LogP contribution in [-0.2, 0) is 50.2 Å². The molecule has 0 atom stereocenters. The van der Waals surface area contributed by atoms with Crippen LogP contribution in [-0.4, -0.2) is 45.0 Å². The zero-order valence-corrected chi connectivity index (χ0v) is 17.1. The van der Waals surface area contributed by atoms with Crippen LogP contribution in [0.5, 0.6) is 0 Å². The second kappa shape index (κ2) is 8.65. The van der Waals surface area contributed by atoms with Crippen molar-refractivity contribution in [3.8, 4) is 0 Å². The number of fused-ring (bicyclic) bond motifs is 1. The van der Waals surface area contributed by atoms with Gasteiger partial charge in [0.2, 0.25) is 10.0 Å². The van der Waals surface area contributed by atoms with Gasteiger partial charge < -0.3 is 9.47 Å². The van der Waals surface area contributed by atoms with Crippen LogP contribution in [0.25, 0.3) is 0 Å². The van der Waals surface area contributed by atoms with Crippen LogP contribution >= 0.6 is 0 Å². The summed E-state index contributed by atoms with van der Waals surface area (Å²) in [7, 11) is -3.56. The van der Waals surface area contributed by atoms with Crippen molar-refractivity contribution >= 4 is 16.0 Å². The second-order valence-electron chi connectivity index (χ2n) is 7.46. The Morgan fingerprint density at radius 2 is 1.79 bits per heavy atom. The third-order valence-corrected chi connectivity index (χ3v) is 7.31. The molecule has 0 bridgehead atoms. The fourth-order valence-electron chi connectivity index (χ4n) is 3.85. The zero-order chi connectivity index (χ0) is 20.3. The van der Waals surface area contributed by atoms with E-state index in [-0.39, 0.29) is 23.9 Å². The Labute approximate surface area is 171 Å². The maximum Gasteiger partial charge on any atom is 0.310 e. The Bertz CT molecular complexity index is 996. The molecule has 0 N–H and O–H groups in total. The topological polar surface area (TPSA) is 72.9 Å². The molecule has 154 valence electrons. The lowest BCUT2D eigenvalue weighted by atomic mass is 10.0. The molecule has 0 aromatic heterocycles. The highest BCUT2D eigenvalue weighted by molar-refractivity contribution is 7.89. The lowest BCUT2D eigenvalue weighted by molar-refractivity contribution is -0.144. The lowest BCUT2D eigenvalue weighted by Crippen LogP contribution is -2.40. The largest absolute Gasteiger partial charge is 0.461 e. The molecule has 29 heavy (non-hydrogen) atoms. The van der Waals surface area contributed by atoms with Gasteiger partial charge in [-0.2, -0.15) is 4.31 Å². The van der Waals surface area contributed by atoms with Crippen molar-refractivity contribution in [2.45, 2.75) is 37.2 Å². The first kappa shape index (κ1) is 20.1. The third kappa shape index (κ3) is 4.69. The van der Waals surface area contributed by atoms with Gasteiger partial charge in [0.15, 0.2) is 0 Å². The smallest absolute Gasteiger partial charge is 0.310 e. The highest BCUT2D eigenvalue weighted by atomic mass is 32.2.